The molecular weight excluding hydrogens is 464 g/mol. The molecule has 33 heavy (non-hydrogen) atoms. The maximum Gasteiger partial charge on any atom is 0.273 e. The van der Waals surface area contributed by atoms with E-state index in [-0.39, 0.29) is 16.3 Å². The van der Waals surface area contributed by atoms with Gasteiger partial charge in [0, 0.05) is 23.3 Å². The average molecular weight is 483 g/mol. The Bertz CT molecular complexity index is 1400. The number of benzene rings is 3. The van der Waals surface area contributed by atoms with Crippen molar-refractivity contribution in [2.24, 2.45) is 0 Å². The Labute approximate surface area is 195 Å². The molecule has 0 bridgehead atoms. The van der Waals surface area contributed by atoms with Gasteiger partial charge in [-0.2, -0.15) is 5.10 Å². The summed E-state index contributed by atoms with van der Waals surface area (Å²) in [7, 11) is -2.27. The van der Waals surface area contributed by atoms with Gasteiger partial charge in [-0.05, 0) is 60.7 Å². The predicted octanol–water partition coefficient (Wildman–Crippen LogP) is 4.51. The Hall–Kier alpha value is -3.82. The van der Waals surface area contributed by atoms with Crippen LogP contribution in [-0.4, -0.2) is 36.7 Å². The van der Waals surface area contributed by atoms with Gasteiger partial charge in [0.15, 0.2) is 0 Å². The quantitative estimate of drug-likeness (QED) is 0.374. The lowest BCUT2D eigenvalue weighted by molar-refractivity contribution is 0.102. The molecule has 0 aliphatic rings. The molecule has 8 nitrogen and oxygen atoms in total. The third-order valence-electron chi connectivity index (χ3n) is 4.95. The minimum Gasteiger partial charge on any atom is -0.507 e. The van der Waals surface area contributed by atoms with E-state index < -0.39 is 15.9 Å². The van der Waals surface area contributed by atoms with E-state index in [1.165, 1.54) is 47.8 Å². The lowest BCUT2D eigenvalue weighted by Crippen LogP contribution is -2.26. The highest BCUT2D eigenvalue weighted by molar-refractivity contribution is 7.92. The number of amides is 1. The van der Waals surface area contributed by atoms with E-state index in [1.807, 2.05) is 6.07 Å². The lowest BCUT2D eigenvalue weighted by Gasteiger charge is -2.19. The summed E-state index contributed by atoms with van der Waals surface area (Å²) in [4.78, 5) is 12.7. The Balaban J connectivity index is 1.49. The zero-order valence-corrected chi connectivity index (χ0v) is 18.9. The molecule has 1 amide bonds. The SMILES string of the molecule is CN(c1ccccc1)S(=O)(=O)c1ccc(NC(=O)c2cc(-c3cc(Cl)ccc3O)n[nH]2)cc1. The molecule has 0 saturated heterocycles. The molecule has 168 valence electrons. The van der Waals surface area contributed by atoms with Crippen LogP contribution in [-0.2, 0) is 10.0 Å². The van der Waals surface area contributed by atoms with Crippen molar-refractivity contribution in [1.82, 2.24) is 10.2 Å². The molecule has 0 fully saturated rings. The molecular formula is C23H19ClN4O4S. The highest BCUT2D eigenvalue weighted by Gasteiger charge is 2.21. The molecule has 0 spiro atoms. The van der Waals surface area contributed by atoms with Crippen molar-refractivity contribution in [3.05, 3.63) is 89.6 Å². The van der Waals surface area contributed by atoms with E-state index in [2.05, 4.69) is 15.5 Å². The van der Waals surface area contributed by atoms with Crippen LogP contribution in [0.5, 0.6) is 5.75 Å². The summed E-state index contributed by atoms with van der Waals surface area (Å²) in [6.07, 6.45) is 0. The Morgan fingerprint density at radius 3 is 2.42 bits per heavy atom. The summed E-state index contributed by atoms with van der Waals surface area (Å²) < 4.78 is 26.9. The van der Waals surface area contributed by atoms with Crippen molar-refractivity contribution in [2.75, 3.05) is 16.7 Å². The van der Waals surface area contributed by atoms with Crippen molar-refractivity contribution < 1.29 is 18.3 Å². The number of aromatic hydroxyl groups is 1. The second kappa shape index (κ2) is 8.97. The van der Waals surface area contributed by atoms with Crippen LogP contribution in [0.3, 0.4) is 0 Å². The second-order valence-electron chi connectivity index (χ2n) is 7.11. The first kappa shape index (κ1) is 22.4. The van der Waals surface area contributed by atoms with E-state index in [4.69, 9.17) is 11.6 Å². The van der Waals surface area contributed by atoms with Gasteiger partial charge in [-0.25, -0.2) is 8.42 Å². The summed E-state index contributed by atoms with van der Waals surface area (Å²) >= 11 is 5.97. The van der Waals surface area contributed by atoms with Gasteiger partial charge in [0.2, 0.25) is 0 Å². The zero-order chi connectivity index (χ0) is 23.6. The average Bonchev–Trinajstić information content (AvgIpc) is 3.31. The number of aromatic amines is 1. The number of sulfonamides is 1. The number of aromatic nitrogens is 2. The first-order valence-electron chi connectivity index (χ1n) is 9.75. The van der Waals surface area contributed by atoms with Gasteiger partial charge in [0.25, 0.3) is 15.9 Å². The van der Waals surface area contributed by atoms with Gasteiger partial charge in [-0.3, -0.25) is 14.2 Å². The van der Waals surface area contributed by atoms with Crippen LogP contribution in [0.2, 0.25) is 5.02 Å². The zero-order valence-electron chi connectivity index (χ0n) is 17.4. The molecule has 3 aromatic carbocycles. The van der Waals surface area contributed by atoms with Crippen LogP contribution < -0.4 is 9.62 Å². The minimum atomic E-state index is -3.75. The predicted molar refractivity (Wildman–Crippen MR) is 127 cm³/mol. The van der Waals surface area contributed by atoms with Gasteiger partial charge in [0.1, 0.15) is 11.4 Å². The molecule has 4 rings (SSSR count). The lowest BCUT2D eigenvalue weighted by atomic mass is 10.1. The first-order valence-corrected chi connectivity index (χ1v) is 11.6. The molecule has 0 aliphatic carbocycles. The number of H-pyrrole nitrogens is 1. The van der Waals surface area contributed by atoms with E-state index >= 15 is 0 Å². The molecule has 10 heteroatoms. The van der Waals surface area contributed by atoms with Crippen LogP contribution in [0, 0.1) is 0 Å². The van der Waals surface area contributed by atoms with Crippen molar-refractivity contribution in [3.8, 4) is 17.0 Å². The molecule has 0 radical (unpaired) electrons. The largest absolute Gasteiger partial charge is 0.507 e. The van der Waals surface area contributed by atoms with E-state index in [0.717, 1.165) is 0 Å². The van der Waals surface area contributed by atoms with E-state index in [0.29, 0.717) is 27.7 Å². The van der Waals surface area contributed by atoms with Gasteiger partial charge in [-0.1, -0.05) is 29.8 Å². The Morgan fingerprint density at radius 1 is 1.03 bits per heavy atom. The highest BCUT2D eigenvalue weighted by Crippen LogP contribution is 2.31. The summed E-state index contributed by atoms with van der Waals surface area (Å²) in [6, 6.07) is 20.6. The van der Waals surface area contributed by atoms with Gasteiger partial charge in [-0.15, -0.1) is 0 Å². The summed E-state index contributed by atoms with van der Waals surface area (Å²) in [5.74, 6) is -0.498. The van der Waals surface area contributed by atoms with E-state index in [1.54, 1.807) is 36.4 Å². The molecule has 0 saturated carbocycles. The smallest absolute Gasteiger partial charge is 0.273 e. The molecule has 4 aromatic rings. The minimum absolute atomic E-state index is 0.0184. The monoisotopic (exact) mass is 482 g/mol. The number of hydrogen-bond acceptors (Lipinski definition) is 5. The standard InChI is InChI=1S/C23H19ClN4O4S/c1-28(17-5-3-2-4-6-17)33(31,32)18-10-8-16(9-11-18)25-23(30)21-14-20(26-27-21)19-13-15(24)7-12-22(19)29/h2-14,29H,1H3,(H,25,30)(H,26,27). The number of rotatable bonds is 6. The van der Waals surface area contributed by atoms with Crippen molar-refractivity contribution >= 4 is 38.9 Å². The fourth-order valence-electron chi connectivity index (χ4n) is 3.13. The number of phenols is 1. The second-order valence-corrected chi connectivity index (χ2v) is 9.52. The van der Waals surface area contributed by atoms with Crippen LogP contribution in [0.15, 0.2) is 83.8 Å². The topological polar surface area (TPSA) is 115 Å². The van der Waals surface area contributed by atoms with Crippen molar-refractivity contribution in [1.29, 1.82) is 0 Å². The molecule has 1 heterocycles. The number of anilines is 2. The molecule has 3 N–H and O–H groups in total. The first-order chi connectivity index (χ1) is 15.8. The summed E-state index contributed by atoms with van der Waals surface area (Å²) in [5, 5.41) is 19.8. The van der Waals surface area contributed by atoms with Crippen LogP contribution >= 0.6 is 11.6 Å². The fourth-order valence-corrected chi connectivity index (χ4v) is 4.50. The van der Waals surface area contributed by atoms with Gasteiger partial charge < -0.3 is 10.4 Å². The molecule has 0 unspecified atom stereocenters. The number of carbonyl (C=O) groups excluding carboxylic acids is 1. The Morgan fingerprint density at radius 2 is 1.73 bits per heavy atom. The van der Waals surface area contributed by atoms with Crippen LogP contribution in [0.4, 0.5) is 11.4 Å². The number of carbonyl (C=O) groups is 1. The highest BCUT2D eigenvalue weighted by atomic mass is 35.5. The molecule has 0 aliphatic heterocycles. The van der Waals surface area contributed by atoms with E-state index in [9.17, 15) is 18.3 Å². The van der Waals surface area contributed by atoms with Crippen LogP contribution in [0.25, 0.3) is 11.3 Å². The van der Waals surface area contributed by atoms with Crippen LogP contribution in [0.1, 0.15) is 10.5 Å². The van der Waals surface area contributed by atoms with Gasteiger partial charge in [0.05, 0.1) is 16.3 Å². The maximum absolute atomic E-state index is 12.9. The van der Waals surface area contributed by atoms with Crippen molar-refractivity contribution in [3.63, 3.8) is 0 Å². The fraction of sp³-hybridized carbons (Fsp3) is 0.0435. The van der Waals surface area contributed by atoms with Crippen molar-refractivity contribution in [2.45, 2.75) is 4.90 Å². The third-order valence-corrected chi connectivity index (χ3v) is 6.98. The number of phenolic OH excluding ortho intramolecular Hbond substituents is 1. The van der Waals surface area contributed by atoms with Gasteiger partial charge >= 0.3 is 0 Å². The maximum atomic E-state index is 12.9. The molecule has 0 atom stereocenters. The number of nitrogens with one attached hydrogen (secondary N) is 2. The number of halogens is 1. The summed E-state index contributed by atoms with van der Waals surface area (Å²) in [6.45, 7) is 0. The normalized spacial score (nSPS) is 11.2. The summed E-state index contributed by atoms with van der Waals surface area (Å²) in [5.41, 5.74) is 1.84. The molecule has 1 aromatic heterocycles. The Kier molecular flexibility index (Phi) is 6.08. The third kappa shape index (κ3) is 4.69. The number of nitrogens with zero attached hydrogens (tertiary/aromatic N) is 2. The number of para-hydroxylation sites is 1. The number of hydrogen-bond donors (Lipinski definition) is 3.